The number of rotatable bonds is 14. The smallest absolute Gasteiger partial charge is 0.129 e. The van der Waals surface area contributed by atoms with Crippen LogP contribution in [-0.2, 0) is 11.3 Å². The van der Waals surface area contributed by atoms with Crippen LogP contribution in [0.5, 0.6) is 0 Å². The minimum atomic E-state index is -0.495. The third kappa shape index (κ3) is 46.8. The summed E-state index contributed by atoms with van der Waals surface area (Å²) in [5, 5.41) is 66.8. The van der Waals surface area contributed by atoms with E-state index in [0.29, 0.717) is 18.8 Å². The number of hydrogen-bond acceptors (Lipinski definition) is 10. The molecule has 0 amide bonds. The van der Waals surface area contributed by atoms with Crippen LogP contribution in [0.4, 0.5) is 0 Å². The lowest BCUT2D eigenvalue weighted by molar-refractivity contribution is 0.0591. The molecule has 8 N–H and O–H groups in total. The van der Waals surface area contributed by atoms with Crippen LogP contribution in [0.15, 0.2) is 22.8 Å². The van der Waals surface area contributed by atoms with Crippen molar-refractivity contribution in [1.29, 1.82) is 0 Å². The first-order valence-corrected chi connectivity index (χ1v) is 14.9. The Balaban J connectivity index is -0.000000195. The monoisotopic (exact) mass is 584 g/mol. The van der Waals surface area contributed by atoms with Gasteiger partial charge in [-0.3, -0.25) is 0 Å². The van der Waals surface area contributed by atoms with Crippen molar-refractivity contribution in [3.8, 4) is 0 Å². The Labute approximate surface area is 243 Å². The first-order chi connectivity index (χ1) is 19.3. The van der Waals surface area contributed by atoms with E-state index in [0.717, 1.165) is 70.8 Å². The van der Waals surface area contributed by atoms with Gasteiger partial charge in [-0.1, -0.05) is 46.5 Å². The van der Waals surface area contributed by atoms with Crippen LogP contribution in [0.2, 0.25) is 0 Å². The molecule has 0 bridgehead atoms. The highest BCUT2D eigenvalue weighted by molar-refractivity contribution is 4.95. The normalized spacial score (nSPS) is 14.8. The molecule has 0 aromatic carbocycles. The topological polar surface area (TPSA) is 184 Å². The Kier molecular flexibility index (Phi) is 48.6. The van der Waals surface area contributed by atoms with Crippen molar-refractivity contribution in [2.45, 2.75) is 130 Å². The maximum Gasteiger partial charge on any atom is 0.129 e. The van der Waals surface area contributed by atoms with Gasteiger partial charge in [-0.25, -0.2) is 0 Å². The van der Waals surface area contributed by atoms with Gasteiger partial charge >= 0.3 is 0 Å². The molecule has 0 spiro atoms. The lowest BCUT2D eigenvalue weighted by Gasteiger charge is -2.01. The fourth-order valence-electron chi connectivity index (χ4n) is 2.80. The van der Waals surface area contributed by atoms with Crippen LogP contribution in [0, 0.1) is 0 Å². The van der Waals surface area contributed by atoms with Gasteiger partial charge in [0.05, 0.1) is 37.8 Å². The first-order valence-electron chi connectivity index (χ1n) is 14.9. The zero-order chi connectivity index (χ0) is 31.3. The summed E-state index contributed by atoms with van der Waals surface area (Å²) in [6.45, 7) is 9.74. The number of aliphatic hydroxyl groups excluding tert-OH is 8. The highest BCUT2D eigenvalue weighted by atomic mass is 16.5. The minimum absolute atomic E-state index is 0.00694. The molecule has 10 heteroatoms. The largest absolute Gasteiger partial charge is 0.467 e. The molecule has 2 heterocycles. The van der Waals surface area contributed by atoms with Crippen molar-refractivity contribution >= 4 is 0 Å². The average Bonchev–Trinajstić information content (AvgIpc) is 3.69. The van der Waals surface area contributed by atoms with E-state index in [1.807, 2.05) is 13.8 Å². The van der Waals surface area contributed by atoms with Gasteiger partial charge in [0.15, 0.2) is 0 Å². The predicted molar refractivity (Wildman–Crippen MR) is 160 cm³/mol. The molecule has 0 saturated carbocycles. The van der Waals surface area contributed by atoms with Crippen molar-refractivity contribution < 1.29 is 50.0 Å². The van der Waals surface area contributed by atoms with E-state index in [-0.39, 0.29) is 45.2 Å². The van der Waals surface area contributed by atoms with Gasteiger partial charge in [0.1, 0.15) is 12.4 Å². The number of ether oxygens (including phenoxy) is 1. The summed E-state index contributed by atoms with van der Waals surface area (Å²) in [7, 11) is 0. The molecule has 3 atom stereocenters. The van der Waals surface area contributed by atoms with Gasteiger partial charge in [0.2, 0.25) is 0 Å². The maximum atomic E-state index is 8.61. The number of aliphatic hydroxyl groups is 8. The SMILES string of the molecule is CCCC(C)O.CCCC(O)CO.CCCCCO.OCC1CCCO1.OCCCCCO.OCc1ccco1. The number of unbranched alkanes of at least 4 members (excludes halogenated alkanes) is 4. The standard InChI is InChI=1S/C5H10O2.C5H6O2.2C5H12O2.2C5H12O/c2*6-4-5-2-1-3-7-5;1-2-3-5(7)4-6;6-4-2-1-3-5-7;1-3-4-5(2)6;1-2-3-4-5-6/h5-6H,1-4H2;1-3,6H,4H2;5-7H,2-4H2,1H3;6-7H,1-5H2;5-6H,3-4H2,1-2H3;6H,2-5H2,1H3. The van der Waals surface area contributed by atoms with E-state index in [4.69, 9.17) is 50.0 Å². The Morgan fingerprint density at radius 1 is 0.800 bits per heavy atom. The molecule has 2 rings (SSSR count). The number of hydrogen-bond donors (Lipinski definition) is 8. The van der Waals surface area contributed by atoms with Crippen molar-refractivity contribution in [3.05, 3.63) is 24.2 Å². The molecule has 244 valence electrons. The fraction of sp³-hybridized carbons (Fsp3) is 0.867. The van der Waals surface area contributed by atoms with Gasteiger partial charge in [0.25, 0.3) is 0 Å². The average molecular weight is 585 g/mol. The van der Waals surface area contributed by atoms with Crippen molar-refractivity contribution in [3.63, 3.8) is 0 Å². The maximum absolute atomic E-state index is 8.61. The van der Waals surface area contributed by atoms with Gasteiger partial charge < -0.3 is 50.0 Å². The molecule has 3 unspecified atom stereocenters. The highest BCUT2D eigenvalue weighted by Crippen LogP contribution is 2.09. The van der Waals surface area contributed by atoms with Gasteiger partial charge in [-0.15, -0.1) is 0 Å². The zero-order valence-electron chi connectivity index (χ0n) is 25.8. The zero-order valence-corrected chi connectivity index (χ0v) is 25.8. The molecule has 1 aliphatic rings. The summed E-state index contributed by atoms with van der Waals surface area (Å²) < 4.78 is 9.78. The molecular weight excluding hydrogens is 520 g/mol. The van der Waals surface area contributed by atoms with Crippen molar-refractivity contribution in [1.82, 2.24) is 0 Å². The van der Waals surface area contributed by atoms with Gasteiger partial charge in [-0.05, 0) is 70.4 Å². The van der Waals surface area contributed by atoms with E-state index in [9.17, 15) is 0 Å². The lowest BCUT2D eigenvalue weighted by Crippen LogP contribution is -2.10. The van der Waals surface area contributed by atoms with E-state index in [1.165, 1.54) is 12.7 Å². The van der Waals surface area contributed by atoms with E-state index >= 15 is 0 Å². The minimum Gasteiger partial charge on any atom is -0.467 e. The molecule has 1 saturated heterocycles. The Hall–Kier alpha value is -1.08. The molecule has 1 aromatic rings. The summed E-state index contributed by atoms with van der Waals surface area (Å²) >= 11 is 0. The van der Waals surface area contributed by atoms with Crippen LogP contribution in [0.25, 0.3) is 0 Å². The molecule has 10 nitrogen and oxygen atoms in total. The van der Waals surface area contributed by atoms with Crippen molar-refractivity contribution in [2.75, 3.05) is 39.6 Å². The van der Waals surface area contributed by atoms with Crippen LogP contribution >= 0.6 is 0 Å². The third-order valence-electron chi connectivity index (χ3n) is 5.08. The molecule has 1 aromatic heterocycles. The first kappa shape index (κ1) is 45.9. The molecule has 0 radical (unpaired) electrons. The highest BCUT2D eigenvalue weighted by Gasteiger charge is 2.12. The molecule has 1 aliphatic heterocycles. The second-order valence-corrected chi connectivity index (χ2v) is 9.26. The second-order valence-electron chi connectivity index (χ2n) is 9.26. The Morgan fingerprint density at radius 3 is 1.57 bits per heavy atom. The van der Waals surface area contributed by atoms with Crippen LogP contribution in [0.3, 0.4) is 0 Å². The fourth-order valence-corrected chi connectivity index (χ4v) is 2.80. The predicted octanol–water partition coefficient (Wildman–Crippen LogP) is 3.55. The summed E-state index contributed by atoms with van der Waals surface area (Å²) in [6, 6.07) is 3.46. The summed E-state index contributed by atoms with van der Waals surface area (Å²) in [4.78, 5) is 0. The van der Waals surface area contributed by atoms with Crippen molar-refractivity contribution in [2.24, 2.45) is 0 Å². The Bertz CT molecular complexity index is 487. The summed E-state index contributed by atoms with van der Waals surface area (Å²) in [5.74, 6) is 0.611. The van der Waals surface area contributed by atoms with E-state index < -0.39 is 6.10 Å². The van der Waals surface area contributed by atoms with E-state index in [2.05, 4.69) is 13.8 Å². The molecular formula is C30H64O10. The summed E-state index contributed by atoms with van der Waals surface area (Å²) in [5.41, 5.74) is 0. The summed E-state index contributed by atoms with van der Waals surface area (Å²) in [6.07, 6.45) is 12.8. The lowest BCUT2D eigenvalue weighted by atomic mass is 10.2. The van der Waals surface area contributed by atoms with Crippen LogP contribution < -0.4 is 0 Å². The molecule has 1 fully saturated rings. The van der Waals surface area contributed by atoms with E-state index in [1.54, 1.807) is 12.1 Å². The van der Waals surface area contributed by atoms with Crippen LogP contribution in [-0.4, -0.2) is 98.8 Å². The second kappa shape index (κ2) is 42.4. The van der Waals surface area contributed by atoms with Gasteiger partial charge in [0, 0.05) is 26.4 Å². The Morgan fingerprint density at radius 2 is 1.38 bits per heavy atom. The molecule has 40 heavy (non-hydrogen) atoms. The van der Waals surface area contributed by atoms with Crippen LogP contribution in [0.1, 0.15) is 111 Å². The number of furan rings is 1. The molecule has 0 aliphatic carbocycles. The third-order valence-corrected chi connectivity index (χ3v) is 5.08. The quantitative estimate of drug-likeness (QED) is 0.150. The van der Waals surface area contributed by atoms with Gasteiger partial charge in [-0.2, -0.15) is 0 Å².